The van der Waals surface area contributed by atoms with Crippen molar-refractivity contribution in [3.8, 4) is 0 Å². The van der Waals surface area contributed by atoms with E-state index < -0.39 is 5.79 Å². The molecule has 1 atom stereocenters. The summed E-state index contributed by atoms with van der Waals surface area (Å²) >= 11 is 0. The van der Waals surface area contributed by atoms with E-state index in [2.05, 4.69) is 62.3 Å². The molecule has 1 unspecified atom stereocenters. The fourth-order valence-electron chi connectivity index (χ4n) is 4.74. The zero-order valence-corrected chi connectivity index (χ0v) is 19.6. The molecule has 0 N–H and O–H groups in total. The Morgan fingerprint density at radius 1 is 0.704 bits per heavy atom. The van der Waals surface area contributed by atoms with Crippen LogP contribution in [0.2, 0.25) is 0 Å². The molecule has 0 aromatic carbocycles. The monoisotopic (exact) mass is 386 g/mol. The summed E-state index contributed by atoms with van der Waals surface area (Å²) in [7, 11) is 0. The van der Waals surface area contributed by atoms with Crippen LogP contribution in [0, 0.1) is 11.3 Å². The summed E-state index contributed by atoms with van der Waals surface area (Å²) in [5.41, 5.74) is -0.415. The van der Waals surface area contributed by atoms with Crippen molar-refractivity contribution >= 4 is 0 Å². The lowest BCUT2D eigenvalue weighted by atomic mass is 9.70. The molecule has 27 heavy (non-hydrogen) atoms. The minimum atomic E-state index is -0.851. The highest BCUT2D eigenvalue weighted by Gasteiger charge is 2.49. The van der Waals surface area contributed by atoms with E-state index in [4.69, 9.17) is 19.6 Å². The fraction of sp³-hybridized carbons (Fsp3) is 1.00. The van der Waals surface area contributed by atoms with E-state index >= 15 is 0 Å². The van der Waals surface area contributed by atoms with Crippen LogP contribution >= 0.6 is 0 Å². The molecule has 0 amide bonds. The Kier molecular flexibility index (Phi) is 9.26. The van der Waals surface area contributed by atoms with Gasteiger partial charge in [0.25, 0.3) is 0 Å². The molecular weight excluding hydrogens is 340 g/mol. The van der Waals surface area contributed by atoms with Crippen LogP contribution in [0.4, 0.5) is 0 Å². The standard InChI is InChI=1S/C23H46O4/c1-10-21(11-2,12-3)24-26-23(17-19(7)16-20(8,9)18-23)27-25-22(13-4,14-5)15-6/h19H,10-18H2,1-9H3. The summed E-state index contributed by atoms with van der Waals surface area (Å²) in [6.45, 7) is 19.8. The fourth-order valence-corrected chi connectivity index (χ4v) is 4.74. The Labute approximate surface area is 168 Å². The van der Waals surface area contributed by atoms with Gasteiger partial charge in [-0.15, -0.1) is 0 Å². The second-order valence-corrected chi connectivity index (χ2v) is 9.59. The molecule has 0 aromatic heterocycles. The molecule has 0 aromatic rings. The molecule has 0 heterocycles. The molecule has 0 spiro atoms. The SMILES string of the molecule is CCC(CC)(CC)OOC1(OOC(CC)(CC)CC)CC(C)CC(C)(C)C1. The van der Waals surface area contributed by atoms with Crippen molar-refractivity contribution < 1.29 is 19.6 Å². The molecule has 0 radical (unpaired) electrons. The lowest BCUT2D eigenvalue weighted by molar-refractivity contribution is -0.558. The highest BCUT2D eigenvalue weighted by atomic mass is 17.3. The van der Waals surface area contributed by atoms with Crippen LogP contribution in [0.3, 0.4) is 0 Å². The minimum absolute atomic E-state index is 0.116. The number of rotatable bonds is 12. The van der Waals surface area contributed by atoms with Gasteiger partial charge in [0.15, 0.2) is 0 Å². The van der Waals surface area contributed by atoms with Gasteiger partial charge in [0.2, 0.25) is 5.79 Å². The van der Waals surface area contributed by atoms with Gasteiger partial charge in [0.1, 0.15) is 11.2 Å². The molecule has 0 bridgehead atoms. The zero-order chi connectivity index (χ0) is 20.8. The molecule has 0 saturated heterocycles. The first-order valence-electron chi connectivity index (χ1n) is 11.3. The summed E-state index contributed by atoms with van der Waals surface area (Å²) in [5.74, 6) is -0.365. The number of hydrogen-bond acceptors (Lipinski definition) is 4. The smallest absolute Gasteiger partial charge is 0.227 e. The van der Waals surface area contributed by atoms with Crippen molar-refractivity contribution in [2.24, 2.45) is 11.3 Å². The second-order valence-electron chi connectivity index (χ2n) is 9.59. The average molecular weight is 387 g/mol. The van der Waals surface area contributed by atoms with Gasteiger partial charge in [0, 0.05) is 12.8 Å². The van der Waals surface area contributed by atoms with Crippen LogP contribution in [-0.2, 0) is 19.6 Å². The largest absolute Gasteiger partial charge is 0.234 e. The second kappa shape index (κ2) is 10.0. The van der Waals surface area contributed by atoms with Crippen LogP contribution < -0.4 is 0 Å². The van der Waals surface area contributed by atoms with Gasteiger partial charge in [-0.25, -0.2) is 9.78 Å². The van der Waals surface area contributed by atoms with Gasteiger partial charge in [-0.3, -0.25) is 0 Å². The zero-order valence-electron chi connectivity index (χ0n) is 19.6. The summed E-state index contributed by atoms with van der Waals surface area (Å²) in [5, 5.41) is 0. The normalized spacial score (nSPS) is 22.8. The van der Waals surface area contributed by atoms with E-state index in [0.29, 0.717) is 5.92 Å². The third-order valence-electron chi connectivity index (χ3n) is 6.92. The predicted molar refractivity (Wildman–Crippen MR) is 111 cm³/mol. The van der Waals surface area contributed by atoms with Crippen LogP contribution in [0.15, 0.2) is 0 Å². The quantitative estimate of drug-likeness (QED) is 0.199. The van der Waals surface area contributed by atoms with E-state index in [0.717, 1.165) is 57.8 Å². The molecular formula is C23H46O4. The highest BCUT2D eigenvalue weighted by Crippen LogP contribution is 2.48. The Balaban J connectivity index is 3.06. The summed E-state index contributed by atoms with van der Waals surface area (Å²) in [4.78, 5) is 24.6. The Hall–Kier alpha value is -0.160. The highest BCUT2D eigenvalue weighted by molar-refractivity contribution is 4.89. The third-order valence-corrected chi connectivity index (χ3v) is 6.92. The van der Waals surface area contributed by atoms with Gasteiger partial charge in [-0.05, 0) is 56.3 Å². The van der Waals surface area contributed by atoms with Gasteiger partial charge in [0.05, 0.1) is 0 Å². The van der Waals surface area contributed by atoms with E-state index in [1.54, 1.807) is 0 Å². The first-order valence-corrected chi connectivity index (χ1v) is 11.3. The molecule has 0 aliphatic heterocycles. The van der Waals surface area contributed by atoms with Gasteiger partial charge in [-0.2, -0.15) is 9.78 Å². The molecule has 1 saturated carbocycles. The molecule has 1 fully saturated rings. The summed E-state index contributed by atoms with van der Waals surface area (Å²) in [6, 6.07) is 0. The van der Waals surface area contributed by atoms with E-state index in [9.17, 15) is 0 Å². The van der Waals surface area contributed by atoms with E-state index in [-0.39, 0.29) is 16.6 Å². The van der Waals surface area contributed by atoms with Crippen molar-refractivity contribution in [1.29, 1.82) is 0 Å². The summed E-state index contributed by atoms with van der Waals surface area (Å²) in [6.07, 6.45) is 8.20. The lowest BCUT2D eigenvalue weighted by Gasteiger charge is -2.47. The molecule has 1 aliphatic rings. The molecule has 1 rings (SSSR count). The minimum Gasteiger partial charge on any atom is -0.227 e. The van der Waals surface area contributed by atoms with Crippen LogP contribution in [0.1, 0.15) is 120 Å². The average Bonchev–Trinajstić information content (AvgIpc) is 2.63. The van der Waals surface area contributed by atoms with Crippen molar-refractivity contribution in [3.05, 3.63) is 0 Å². The van der Waals surface area contributed by atoms with Crippen molar-refractivity contribution in [1.82, 2.24) is 0 Å². The first-order chi connectivity index (χ1) is 12.6. The molecule has 4 nitrogen and oxygen atoms in total. The van der Waals surface area contributed by atoms with Crippen molar-refractivity contribution in [2.75, 3.05) is 0 Å². The van der Waals surface area contributed by atoms with Crippen LogP contribution in [-0.4, -0.2) is 17.0 Å². The lowest BCUT2D eigenvalue weighted by Crippen LogP contribution is -2.50. The predicted octanol–water partition coefficient (Wildman–Crippen LogP) is 7.36. The first kappa shape index (κ1) is 24.9. The van der Waals surface area contributed by atoms with Crippen LogP contribution in [0.5, 0.6) is 0 Å². The van der Waals surface area contributed by atoms with Crippen LogP contribution in [0.25, 0.3) is 0 Å². The Bertz CT molecular complexity index is 384. The van der Waals surface area contributed by atoms with Gasteiger partial charge in [-0.1, -0.05) is 62.3 Å². The molecule has 162 valence electrons. The number of hydrogen-bond donors (Lipinski definition) is 0. The Morgan fingerprint density at radius 2 is 1.07 bits per heavy atom. The summed E-state index contributed by atoms with van der Waals surface area (Å²) < 4.78 is 0. The maximum atomic E-state index is 6.20. The maximum Gasteiger partial charge on any atom is 0.234 e. The molecule has 1 aliphatic carbocycles. The van der Waals surface area contributed by atoms with Crippen molar-refractivity contribution in [2.45, 2.75) is 137 Å². The van der Waals surface area contributed by atoms with Gasteiger partial charge < -0.3 is 0 Å². The third kappa shape index (κ3) is 6.42. The van der Waals surface area contributed by atoms with Gasteiger partial charge >= 0.3 is 0 Å². The maximum absolute atomic E-state index is 6.20. The Morgan fingerprint density at radius 3 is 1.37 bits per heavy atom. The van der Waals surface area contributed by atoms with E-state index in [1.165, 1.54) is 0 Å². The van der Waals surface area contributed by atoms with E-state index in [1.807, 2.05) is 0 Å². The molecule has 4 heteroatoms. The van der Waals surface area contributed by atoms with Crippen molar-refractivity contribution in [3.63, 3.8) is 0 Å². The topological polar surface area (TPSA) is 36.9 Å².